The molecule has 0 aromatic carbocycles. The summed E-state index contributed by atoms with van der Waals surface area (Å²) in [5.41, 5.74) is 4.42. The maximum absolute atomic E-state index is 12.2. The van der Waals surface area contributed by atoms with Crippen molar-refractivity contribution in [3.8, 4) is 22.9 Å². The van der Waals surface area contributed by atoms with Crippen LogP contribution in [0.25, 0.3) is 22.9 Å². The Morgan fingerprint density at radius 3 is 2.67 bits per heavy atom. The van der Waals surface area contributed by atoms with Crippen LogP contribution >= 0.6 is 0 Å². The molecule has 1 aliphatic rings. The van der Waals surface area contributed by atoms with Crippen LogP contribution in [0.2, 0.25) is 0 Å². The molecule has 2 amide bonds. The Hall–Kier alpha value is -3.46. The van der Waals surface area contributed by atoms with Gasteiger partial charge in [-0.2, -0.15) is 0 Å². The van der Waals surface area contributed by atoms with E-state index in [1.807, 2.05) is 0 Å². The molecule has 1 saturated heterocycles. The van der Waals surface area contributed by atoms with Crippen molar-refractivity contribution < 1.29 is 23.6 Å². The Balaban J connectivity index is 1.63. The fourth-order valence-corrected chi connectivity index (χ4v) is 2.99. The number of pyridine rings is 1. The summed E-state index contributed by atoms with van der Waals surface area (Å²) in [6.45, 7) is 0.429. The fraction of sp³-hybridized carbons (Fsp3) is 0.222. The molecule has 0 bridgehead atoms. The van der Waals surface area contributed by atoms with E-state index in [2.05, 4.69) is 10.1 Å². The van der Waals surface area contributed by atoms with Crippen LogP contribution in [-0.4, -0.2) is 45.6 Å². The van der Waals surface area contributed by atoms with Gasteiger partial charge in [0.1, 0.15) is 17.1 Å². The first kappa shape index (κ1) is 17.0. The molecular formula is C18H16N4O5. The zero-order valence-electron chi connectivity index (χ0n) is 14.4. The topological polar surface area (TPSA) is 136 Å². The number of hydrogen-bond acceptors (Lipinski definition) is 7. The molecule has 3 N–H and O–H groups in total. The van der Waals surface area contributed by atoms with Gasteiger partial charge >= 0.3 is 0 Å². The van der Waals surface area contributed by atoms with Gasteiger partial charge in [0.05, 0.1) is 0 Å². The highest BCUT2D eigenvalue weighted by molar-refractivity contribution is 5.91. The average Bonchev–Trinajstić information content (AvgIpc) is 3.39. The van der Waals surface area contributed by atoms with Crippen molar-refractivity contribution in [2.24, 2.45) is 5.73 Å². The lowest BCUT2D eigenvalue weighted by atomic mass is 9.99. The van der Waals surface area contributed by atoms with Crippen LogP contribution < -0.4 is 5.73 Å². The normalized spacial score (nSPS) is 19.6. The second kappa shape index (κ2) is 6.06. The van der Waals surface area contributed by atoms with Gasteiger partial charge < -0.3 is 24.7 Å². The average molecular weight is 368 g/mol. The summed E-state index contributed by atoms with van der Waals surface area (Å²) < 4.78 is 10.9. The van der Waals surface area contributed by atoms with E-state index in [0.717, 1.165) is 0 Å². The van der Waals surface area contributed by atoms with Gasteiger partial charge in [-0.1, -0.05) is 11.2 Å². The second-order valence-corrected chi connectivity index (χ2v) is 6.35. The number of carbonyl (C=O) groups excluding carboxylic acids is 2. The first-order valence-corrected chi connectivity index (χ1v) is 8.21. The summed E-state index contributed by atoms with van der Waals surface area (Å²) in [6, 6.07) is 9.64. The number of rotatable bonds is 4. The van der Waals surface area contributed by atoms with Gasteiger partial charge in [-0.15, -0.1) is 0 Å². The van der Waals surface area contributed by atoms with E-state index in [0.29, 0.717) is 29.5 Å². The minimum atomic E-state index is -1.72. The van der Waals surface area contributed by atoms with Crippen molar-refractivity contribution >= 4 is 11.8 Å². The molecule has 9 nitrogen and oxygen atoms in total. The number of nitrogens with two attached hydrogens (primary N) is 1. The maximum atomic E-state index is 12.2. The van der Waals surface area contributed by atoms with Crippen molar-refractivity contribution in [1.29, 1.82) is 0 Å². The quantitative estimate of drug-likeness (QED) is 0.705. The van der Waals surface area contributed by atoms with E-state index in [4.69, 9.17) is 14.7 Å². The Labute approximate surface area is 153 Å². The van der Waals surface area contributed by atoms with Gasteiger partial charge in [0, 0.05) is 26.1 Å². The second-order valence-electron chi connectivity index (χ2n) is 6.35. The molecule has 4 rings (SSSR count). The Kier molecular flexibility index (Phi) is 3.81. The van der Waals surface area contributed by atoms with Crippen LogP contribution in [0, 0.1) is 0 Å². The Morgan fingerprint density at radius 1 is 1.26 bits per heavy atom. The van der Waals surface area contributed by atoms with Crippen molar-refractivity contribution in [1.82, 2.24) is 15.0 Å². The van der Waals surface area contributed by atoms with Crippen molar-refractivity contribution in [3.63, 3.8) is 0 Å². The molecule has 3 aromatic heterocycles. The van der Waals surface area contributed by atoms with E-state index in [1.165, 1.54) is 17.0 Å². The van der Waals surface area contributed by atoms with Crippen molar-refractivity contribution in [3.05, 3.63) is 47.9 Å². The summed E-state index contributed by atoms with van der Waals surface area (Å²) in [7, 11) is 1.61. The Morgan fingerprint density at radius 2 is 2.00 bits per heavy atom. The van der Waals surface area contributed by atoms with Gasteiger partial charge in [-0.25, -0.2) is 4.98 Å². The number of carbonyl (C=O) groups is 2. The zero-order valence-corrected chi connectivity index (χ0v) is 14.4. The number of aliphatic hydroxyl groups is 1. The predicted octanol–water partition coefficient (Wildman–Crippen LogP) is 1.15. The highest BCUT2D eigenvalue weighted by Crippen LogP contribution is 2.35. The zero-order chi connectivity index (χ0) is 19.2. The first-order valence-electron chi connectivity index (χ1n) is 8.21. The molecule has 0 aliphatic carbocycles. The molecule has 1 atom stereocenters. The molecule has 0 saturated carbocycles. The van der Waals surface area contributed by atoms with E-state index >= 15 is 0 Å². The smallest absolute Gasteiger partial charge is 0.267 e. The number of furan rings is 1. The van der Waals surface area contributed by atoms with Gasteiger partial charge in [0.15, 0.2) is 17.3 Å². The number of primary amides is 1. The third kappa shape index (κ3) is 2.77. The highest BCUT2D eigenvalue weighted by Gasteiger charge is 2.48. The molecule has 27 heavy (non-hydrogen) atoms. The van der Waals surface area contributed by atoms with E-state index in [9.17, 15) is 14.7 Å². The van der Waals surface area contributed by atoms with Crippen LogP contribution in [0.5, 0.6) is 0 Å². The lowest BCUT2D eigenvalue weighted by molar-refractivity contribution is -0.144. The van der Waals surface area contributed by atoms with Crippen molar-refractivity contribution in [2.75, 3.05) is 13.6 Å². The predicted molar refractivity (Wildman–Crippen MR) is 92.1 cm³/mol. The van der Waals surface area contributed by atoms with Gasteiger partial charge in [-0.05, 0) is 24.3 Å². The van der Waals surface area contributed by atoms with Crippen LogP contribution in [0.15, 0.2) is 45.3 Å². The fourth-order valence-electron chi connectivity index (χ4n) is 2.99. The summed E-state index contributed by atoms with van der Waals surface area (Å²) in [6.07, 6.45) is 0.226. The number of nitrogens with zero attached hydrogens (tertiary/aromatic N) is 3. The third-order valence-electron chi connectivity index (χ3n) is 4.54. The van der Waals surface area contributed by atoms with Crippen LogP contribution in [0.3, 0.4) is 0 Å². The molecule has 1 aliphatic heterocycles. The van der Waals surface area contributed by atoms with Gasteiger partial charge in [0.25, 0.3) is 11.8 Å². The van der Waals surface area contributed by atoms with Gasteiger partial charge in [-0.3, -0.25) is 9.59 Å². The molecule has 0 radical (unpaired) electrons. The SMILES string of the molecule is CN1CCC(O)(c2cc(-c3ccc(-c4cccc(C(N)=O)n4)o3)no2)C1=O. The van der Waals surface area contributed by atoms with E-state index in [-0.39, 0.29) is 17.9 Å². The summed E-state index contributed by atoms with van der Waals surface area (Å²) in [5.74, 6) is -0.220. The molecule has 138 valence electrons. The van der Waals surface area contributed by atoms with Gasteiger partial charge in [0.2, 0.25) is 5.60 Å². The lowest BCUT2D eigenvalue weighted by Gasteiger charge is -2.16. The standard InChI is InChI=1S/C18H16N4O5/c1-22-8-7-18(25,17(22)24)15-9-12(21-27-15)14-6-5-13(26-14)10-3-2-4-11(20-10)16(19)23/h2-6,9,25H,7-8H2,1H3,(H2,19,23). The molecule has 9 heteroatoms. The van der Waals surface area contributed by atoms with Crippen LogP contribution in [0.4, 0.5) is 0 Å². The summed E-state index contributed by atoms with van der Waals surface area (Å²) >= 11 is 0. The third-order valence-corrected chi connectivity index (χ3v) is 4.54. The molecule has 0 spiro atoms. The summed E-state index contributed by atoms with van der Waals surface area (Å²) in [4.78, 5) is 29.0. The molecule has 3 aromatic rings. The molecular weight excluding hydrogens is 352 g/mol. The number of likely N-dealkylation sites (N-methyl/N-ethyl adjacent to an activating group) is 1. The lowest BCUT2D eigenvalue weighted by Crippen LogP contribution is -2.35. The molecule has 4 heterocycles. The Bertz CT molecular complexity index is 1040. The van der Waals surface area contributed by atoms with Crippen LogP contribution in [-0.2, 0) is 10.4 Å². The largest absolute Gasteiger partial charge is 0.453 e. The minimum absolute atomic E-state index is 0.0682. The number of hydrogen-bond donors (Lipinski definition) is 2. The number of aromatic nitrogens is 2. The monoisotopic (exact) mass is 368 g/mol. The van der Waals surface area contributed by atoms with E-state index in [1.54, 1.807) is 31.3 Å². The summed E-state index contributed by atoms with van der Waals surface area (Å²) in [5, 5.41) is 14.5. The molecule has 1 fully saturated rings. The minimum Gasteiger partial charge on any atom is -0.453 e. The number of likely N-dealkylation sites (tertiary alicyclic amines) is 1. The van der Waals surface area contributed by atoms with E-state index < -0.39 is 17.4 Å². The van der Waals surface area contributed by atoms with Crippen molar-refractivity contribution in [2.45, 2.75) is 12.0 Å². The first-order chi connectivity index (χ1) is 12.9. The molecule has 1 unspecified atom stereocenters. The van der Waals surface area contributed by atoms with Crippen LogP contribution in [0.1, 0.15) is 22.7 Å². The maximum Gasteiger partial charge on any atom is 0.267 e. The highest BCUT2D eigenvalue weighted by atomic mass is 16.5. The number of amides is 2.